The lowest BCUT2D eigenvalue weighted by atomic mass is 9.97. The van der Waals surface area contributed by atoms with Gasteiger partial charge in [0.1, 0.15) is 0 Å². The van der Waals surface area contributed by atoms with E-state index in [9.17, 15) is 0 Å². The lowest BCUT2D eigenvalue weighted by Crippen LogP contribution is -2.18. The fourth-order valence-corrected chi connectivity index (χ4v) is 3.18. The molecule has 1 heterocycles. The molecule has 0 spiro atoms. The van der Waals surface area contributed by atoms with Gasteiger partial charge in [0.25, 0.3) is 0 Å². The molecular weight excluding hydrogens is 292 g/mol. The fourth-order valence-electron chi connectivity index (χ4n) is 3.18. The molecule has 4 rings (SSSR count). The van der Waals surface area contributed by atoms with Crippen LogP contribution < -0.4 is 5.01 Å². The Labute approximate surface area is 143 Å². The standard InChI is InChI=1S/C22H20N2/c1-17-12-14-19(15-13-17)22-16-21(18-8-4-2-5-9-18)23-24(22)20-10-6-3-7-11-20/h2-15,22H,16H2,1H3/t22-/m1/s1. The first-order valence-electron chi connectivity index (χ1n) is 8.35. The zero-order valence-electron chi connectivity index (χ0n) is 13.8. The topological polar surface area (TPSA) is 15.6 Å². The number of hydrogen-bond acceptors (Lipinski definition) is 2. The molecule has 0 N–H and O–H groups in total. The highest BCUT2D eigenvalue weighted by atomic mass is 15.5. The third kappa shape index (κ3) is 2.83. The number of nitrogens with zero attached hydrogens (tertiary/aromatic N) is 2. The van der Waals surface area contributed by atoms with E-state index in [4.69, 9.17) is 5.10 Å². The van der Waals surface area contributed by atoms with Gasteiger partial charge in [-0.3, -0.25) is 5.01 Å². The van der Waals surface area contributed by atoms with E-state index in [1.807, 2.05) is 12.1 Å². The van der Waals surface area contributed by atoms with Gasteiger partial charge in [0, 0.05) is 6.42 Å². The molecule has 1 aliphatic heterocycles. The molecule has 1 atom stereocenters. The van der Waals surface area contributed by atoms with Crippen LogP contribution in [0.4, 0.5) is 5.69 Å². The van der Waals surface area contributed by atoms with E-state index < -0.39 is 0 Å². The molecule has 0 bridgehead atoms. The lowest BCUT2D eigenvalue weighted by Gasteiger charge is -2.24. The number of para-hydroxylation sites is 1. The Kier molecular flexibility index (Phi) is 3.87. The maximum atomic E-state index is 4.96. The van der Waals surface area contributed by atoms with Crippen molar-refractivity contribution in [3.05, 3.63) is 102 Å². The second-order valence-electron chi connectivity index (χ2n) is 6.22. The smallest absolute Gasteiger partial charge is 0.0831 e. The molecule has 0 aromatic heterocycles. The average Bonchev–Trinajstić information content (AvgIpc) is 3.09. The van der Waals surface area contributed by atoms with Gasteiger partial charge < -0.3 is 0 Å². The van der Waals surface area contributed by atoms with Crippen LogP contribution in [0.3, 0.4) is 0 Å². The minimum Gasteiger partial charge on any atom is -0.257 e. The number of hydrogen-bond donors (Lipinski definition) is 0. The molecule has 0 saturated carbocycles. The summed E-state index contributed by atoms with van der Waals surface area (Å²) in [5.41, 5.74) is 6.07. The Morgan fingerprint density at radius 1 is 0.792 bits per heavy atom. The largest absolute Gasteiger partial charge is 0.257 e. The van der Waals surface area contributed by atoms with Gasteiger partial charge in [-0.1, -0.05) is 78.4 Å². The van der Waals surface area contributed by atoms with Crippen LogP contribution in [0.2, 0.25) is 0 Å². The van der Waals surface area contributed by atoms with Crippen molar-refractivity contribution < 1.29 is 0 Å². The first-order valence-corrected chi connectivity index (χ1v) is 8.35. The Morgan fingerprint density at radius 2 is 1.42 bits per heavy atom. The van der Waals surface area contributed by atoms with Gasteiger partial charge in [0.2, 0.25) is 0 Å². The quantitative estimate of drug-likeness (QED) is 0.636. The molecule has 2 heteroatoms. The summed E-state index contributed by atoms with van der Waals surface area (Å²) >= 11 is 0. The van der Waals surface area contributed by atoms with E-state index >= 15 is 0 Å². The van der Waals surface area contributed by atoms with Crippen molar-refractivity contribution >= 4 is 11.4 Å². The first kappa shape index (κ1) is 14.7. The van der Waals surface area contributed by atoms with Crippen LogP contribution >= 0.6 is 0 Å². The van der Waals surface area contributed by atoms with E-state index in [0.29, 0.717) is 0 Å². The summed E-state index contributed by atoms with van der Waals surface area (Å²) in [5.74, 6) is 0. The van der Waals surface area contributed by atoms with Crippen molar-refractivity contribution in [3.63, 3.8) is 0 Å². The summed E-state index contributed by atoms with van der Waals surface area (Å²) in [6, 6.07) is 29.9. The van der Waals surface area contributed by atoms with Crippen LogP contribution in [0.1, 0.15) is 29.2 Å². The molecule has 24 heavy (non-hydrogen) atoms. The SMILES string of the molecule is Cc1ccc([C@H]2CC(c3ccccc3)=NN2c2ccccc2)cc1. The number of anilines is 1. The lowest BCUT2D eigenvalue weighted by molar-refractivity contribution is 0.709. The third-order valence-corrected chi connectivity index (χ3v) is 4.50. The number of rotatable bonds is 3. The number of hydrazone groups is 1. The van der Waals surface area contributed by atoms with Crippen molar-refractivity contribution in [2.75, 3.05) is 5.01 Å². The summed E-state index contributed by atoms with van der Waals surface area (Å²) in [6.07, 6.45) is 0.919. The molecule has 3 aromatic carbocycles. The predicted octanol–water partition coefficient (Wildman–Crippen LogP) is 5.35. The molecule has 118 valence electrons. The van der Waals surface area contributed by atoms with Gasteiger partial charge in [-0.25, -0.2) is 0 Å². The summed E-state index contributed by atoms with van der Waals surface area (Å²) in [7, 11) is 0. The minimum atomic E-state index is 0.239. The zero-order chi connectivity index (χ0) is 16.4. The van der Waals surface area contributed by atoms with Crippen LogP contribution in [0, 0.1) is 6.92 Å². The molecule has 0 fully saturated rings. The molecule has 0 saturated heterocycles. The van der Waals surface area contributed by atoms with E-state index in [1.165, 1.54) is 16.7 Å². The van der Waals surface area contributed by atoms with Crippen LogP contribution in [-0.4, -0.2) is 5.71 Å². The summed E-state index contributed by atoms with van der Waals surface area (Å²) in [6.45, 7) is 2.12. The van der Waals surface area contributed by atoms with Crippen LogP contribution in [-0.2, 0) is 0 Å². The molecule has 1 aliphatic rings. The van der Waals surface area contributed by atoms with Crippen LogP contribution in [0.15, 0.2) is 90.0 Å². The van der Waals surface area contributed by atoms with Crippen molar-refractivity contribution in [1.29, 1.82) is 0 Å². The molecule has 0 amide bonds. The molecule has 0 aliphatic carbocycles. The highest BCUT2D eigenvalue weighted by Gasteiger charge is 2.29. The van der Waals surface area contributed by atoms with E-state index in [2.05, 4.69) is 84.7 Å². The molecule has 0 radical (unpaired) electrons. The molecule has 3 aromatic rings. The van der Waals surface area contributed by atoms with Crippen molar-refractivity contribution in [1.82, 2.24) is 0 Å². The Hall–Kier alpha value is -2.87. The van der Waals surface area contributed by atoms with Gasteiger partial charge >= 0.3 is 0 Å². The average molecular weight is 312 g/mol. The highest BCUT2D eigenvalue weighted by molar-refractivity contribution is 6.03. The van der Waals surface area contributed by atoms with Gasteiger partial charge in [0.05, 0.1) is 17.4 Å². The van der Waals surface area contributed by atoms with Crippen molar-refractivity contribution in [3.8, 4) is 0 Å². The molecular formula is C22H20N2. The molecule has 2 nitrogen and oxygen atoms in total. The maximum absolute atomic E-state index is 4.96. The zero-order valence-corrected chi connectivity index (χ0v) is 13.8. The van der Waals surface area contributed by atoms with E-state index in [0.717, 1.165) is 17.8 Å². The first-order chi connectivity index (χ1) is 11.8. The monoisotopic (exact) mass is 312 g/mol. The number of aryl methyl sites for hydroxylation is 1. The van der Waals surface area contributed by atoms with Gasteiger partial charge in [-0.15, -0.1) is 0 Å². The Morgan fingerprint density at radius 3 is 2.08 bits per heavy atom. The predicted molar refractivity (Wildman–Crippen MR) is 100 cm³/mol. The minimum absolute atomic E-state index is 0.239. The van der Waals surface area contributed by atoms with Gasteiger partial charge in [-0.05, 0) is 30.2 Å². The normalized spacial score (nSPS) is 17.0. The Bertz CT molecular complexity index is 836. The van der Waals surface area contributed by atoms with Gasteiger partial charge in [0.15, 0.2) is 0 Å². The number of benzene rings is 3. The van der Waals surface area contributed by atoms with Crippen LogP contribution in [0.25, 0.3) is 0 Å². The van der Waals surface area contributed by atoms with Gasteiger partial charge in [-0.2, -0.15) is 5.10 Å². The highest BCUT2D eigenvalue weighted by Crippen LogP contribution is 2.36. The van der Waals surface area contributed by atoms with Crippen LogP contribution in [0.5, 0.6) is 0 Å². The second-order valence-corrected chi connectivity index (χ2v) is 6.22. The third-order valence-electron chi connectivity index (χ3n) is 4.50. The molecule has 0 unspecified atom stereocenters. The second kappa shape index (κ2) is 6.32. The maximum Gasteiger partial charge on any atom is 0.0831 e. The van der Waals surface area contributed by atoms with E-state index in [-0.39, 0.29) is 6.04 Å². The Balaban J connectivity index is 1.74. The summed E-state index contributed by atoms with van der Waals surface area (Å²) < 4.78 is 0. The summed E-state index contributed by atoms with van der Waals surface area (Å²) in [5, 5.41) is 7.12. The fraction of sp³-hybridized carbons (Fsp3) is 0.136. The van der Waals surface area contributed by atoms with Crippen molar-refractivity contribution in [2.24, 2.45) is 5.10 Å². The van der Waals surface area contributed by atoms with Crippen molar-refractivity contribution in [2.45, 2.75) is 19.4 Å². The van der Waals surface area contributed by atoms with E-state index in [1.54, 1.807) is 0 Å². The summed E-state index contributed by atoms with van der Waals surface area (Å²) in [4.78, 5) is 0.